The van der Waals surface area contributed by atoms with E-state index >= 15 is 0 Å². The van der Waals surface area contributed by atoms with Crippen LogP contribution in [0.15, 0.2) is 82.6 Å². The lowest BCUT2D eigenvalue weighted by Crippen LogP contribution is -2.33. The summed E-state index contributed by atoms with van der Waals surface area (Å²) in [5, 5.41) is 2.24. The van der Waals surface area contributed by atoms with Gasteiger partial charge < -0.3 is 10.2 Å². The van der Waals surface area contributed by atoms with Crippen LogP contribution < -0.4 is 20.0 Å². The number of fused-ring (bicyclic) bond motifs is 2. The smallest absolute Gasteiger partial charge is 0.308 e. The molecule has 12 heteroatoms. The van der Waals surface area contributed by atoms with Crippen LogP contribution in [0.25, 0.3) is 0 Å². The summed E-state index contributed by atoms with van der Waals surface area (Å²) in [7, 11) is 3.81. The third kappa shape index (κ3) is 4.90. The van der Waals surface area contributed by atoms with Gasteiger partial charge in [0.15, 0.2) is 0 Å². The number of thiazole rings is 1. The first kappa shape index (κ1) is 27.9. The number of carbonyl (C=O) groups is 3. The monoisotopic (exact) mass is 606 g/mol. The summed E-state index contributed by atoms with van der Waals surface area (Å²) >= 11 is 2.04. The number of hydrogen-bond donors (Lipinski definition) is 1. The second-order valence-corrected chi connectivity index (χ2v) is 12.3. The van der Waals surface area contributed by atoms with Crippen LogP contribution in [0, 0.1) is 17.6 Å². The van der Waals surface area contributed by atoms with Crippen molar-refractivity contribution in [1.29, 1.82) is 0 Å². The molecule has 3 atom stereocenters. The Morgan fingerprint density at radius 2 is 1.50 bits per heavy atom. The second kappa shape index (κ2) is 10.8. The number of nitrogens with one attached hydrogen (secondary N) is 1. The highest BCUT2D eigenvalue weighted by Gasteiger charge is 2.56. The summed E-state index contributed by atoms with van der Waals surface area (Å²) in [6, 6.07) is 18.0. The van der Waals surface area contributed by atoms with Gasteiger partial charge in [-0.2, -0.15) is 0 Å². The van der Waals surface area contributed by atoms with E-state index in [0.717, 1.165) is 39.2 Å². The number of carbonyl (C=O) groups excluding carboxylic acids is 3. The molecular weight excluding hydrogens is 582 g/mol. The lowest BCUT2D eigenvalue weighted by molar-refractivity contribution is -0.122. The molecule has 0 aliphatic carbocycles. The molecule has 0 spiro atoms. The minimum Gasteiger partial charge on any atom is -0.378 e. The standard InChI is InChI=1S/C30H24F2N4O4S2/c1-34(2)20-11-3-16(4-12-20)23-24-25(28(39)36(27(24)38)21-13-7-18(32)8-14-21)41-29-26(23)42-30(40)35(29)15-22(37)33-19-9-5-17(31)6-10-19/h3-14,23-25H,15H2,1-2H3,(H,33,37)/t23-,24?,25?/m1/s1. The van der Waals surface area contributed by atoms with E-state index in [-0.39, 0.29) is 12.2 Å². The number of hydrogen-bond acceptors (Lipinski definition) is 7. The summed E-state index contributed by atoms with van der Waals surface area (Å²) in [4.78, 5) is 57.1. The van der Waals surface area contributed by atoms with E-state index in [2.05, 4.69) is 5.32 Å². The number of anilines is 3. The van der Waals surface area contributed by atoms with Crippen LogP contribution in [0.5, 0.6) is 0 Å². The molecule has 8 nitrogen and oxygen atoms in total. The normalized spacial score (nSPS) is 19.4. The van der Waals surface area contributed by atoms with Gasteiger partial charge in [-0.25, -0.2) is 13.7 Å². The van der Waals surface area contributed by atoms with Crippen LogP contribution in [0.4, 0.5) is 25.8 Å². The first-order valence-corrected chi connectivity index (χ1v) is 14.7. The van der Waals surface area contributed by atoms with Gasteiger partial charge in [-0.05, 0) is 66.2 Å². The summed E-state index contributed by atoms with van der Waals surface area (Å²) in [6.45, 7) is -0.331. The van der Waals surface area contributed by atoms with Crippen LogP contribution in [-0.2, 0) is 20.9 Å². The lowest BCUT2D eigenvalue weighted by atomic mass is 9.83. The molecule has 1 N–H and O–H groups in total. The first-order chi connectivity index (χ1) is 20.1. The predicted molar refractivity (Wildman–Crippen MR) is 158 cm³/mol. The van der Waals surface area contributed by atoms with Gasteiger partial charge in [0.2, 0.25) is 17.7 Å². The highest BCUT2D eigenvalue weighted by atomic mass is 32.2. The zero-order valence-electron chi connectivity index (χ0n) is 22.4. The number of imide groups is 1. The number of nitrogens with zero attached hydrogens (tertiary/aromatic N) is 3. The molecule has 0 radical (unpaired) electrons. The van der Waals surface area contributed by atoms with Crippen molar-refractivity contribution in [3.63, 3.8) is 0 Å². The van der Waals surface area contributed by atoms with Crippen LogP contribution in [0.1, 0.15) is 16.4 Å². The van der Waals surface area contributed by atoms with Gasteiger partial charge in [-0.3, -0.25) is 23.7 Å². The van der Waals surface area contributed by atoms with Crippen LogP contribution in [0.2, 0.25) is 0 Å². The third-order valence-electron chi connectivity index (χ3n) is 7.33. The molecule has 214 valence electrons. The summed E-state index contributed by atoms with van der Waals surface area (Å²) < 4.78 is 28.3. The van der Waals surface area contributed by atoms with E-state index in [9.17, 15) is 28.0 Å². The largest absolute Gasteiger partial charge is 0.378 e. The average Bonchev–Trinajstić information content (AvgIpc) is 3.41. The molecule has 0 bridgehead atoms. The minimum atomic E-state index is -0.867. The molecule has 4 aromatic rings. The highest BCUT2D eigenvalue weighted by molar-refractivity contribution is 8.00. The molecule has 1 aromatic heterocycles. The maximum Gasteiger partial charge on any atom is 0.308 e. The molecule has 3 aromatic carbocycles. The second-order valence-electron chi connectivity index (χ2n) is 10.2. The van der Waals surface area contributed by atoms with Crippen LogP contribution in [0.3, 0.4) is 0 Å². The Labute approximate surface area is 247 Å². The van der Waals surface area contributed by atoms with Crippen molar-refractivity contribution in [3.8, 4) is 0 Å². The molecule has 2 aliphatic heterocycles. The Kier molecular flexibility index (Phi) is 7.19. The summed E-state index contributed by atoms with van der Waals surface area (Å²) in [5.41, 5.74) is 2.33. The van der Waals surface area contributed by atoms with Gasteiger partial charge >= 0.3 is 4.87 Å². The third-order valence-corrected chi connectivity index (χ3v) is 9.94. The molecule has 6 rings (SSSR count). The van der Waals surface area contributed by atoms with Crippen molar-refractivity contribution in [2.45, 2.75) is 22.7 Å². The molecule has 42 heavy (non-hydrogen) atoms. The molecule has 3 amide bonds. The van der Waals surface area contributed by atoms with E-state index in [1.807, 2.05) is 43.3 Å². The first-order valence-electron chi connectivity index (χ1n) is 13.0. The fraction of sp³-hybridized carbons (Fsp3) is 0.200. The van der Waals surface area contributed by atoms with E-state index in [0.29, 0.717) is 15.6 Å². The number of aromatic nitrogens is 1. The Bertz CT molecular complexity index is 1750. The quantitative estimate of drug-likeness (QED) is 0.321. The number of rotatable bonds is 6. The van der Waals surface area contributed by atoms with Crippen molar-refractivity contribution in [2.24, 2.45) is 5.92 Å². The van der Waals surface area contributed by atoms with Gasteiger partial charge in [0.05, 0.1) is 16.6 Å². The van der Waals surface area contributed by atoms with E-state index < -0.39 is 51.3 Å². The van der Waals surface area contributed by atoms with Crippen molar-refractivity contribution in [3.05, 3.63) is 105 Å². The highest BCUT2D eigenvalue weighted by Crippen LogP contribution is 2.54. The van der Waals surface area contributed by atoms with Gasteiger partial charge in [-0.15, -0.1) is 0 Å². The van der Waals surface area contributed by atoms with Crippen molar-refractivity contribution < 1.29 is 23.2 Å². The van der Waals surface area contributed by atoms with Crippen LogP contribution in [-0.4, -0.2) is 41.6 Å². The minimum absolute atomic E-state index is 0.266. The number of halogens is 2. The molecule has 0 saturated carbocycles. The maximum absolute atomic E-state index is 13.9. The van der Waals surface area contributed by atoms with Gasteiger partial charge in [0.25, 0.3) is 0 Å². The topological polar surface area (TPSA) is 91.7 Å². The van der Waals surface area contributed by atoms with Gasteiger partial charge in [0.1, 0.15) is 23.4 Å². The van der Waals surface area contributed by atoms with Crippen molar-refractivity contribution >= 4 is 57.9 Å². The predicted octanol–water partition coefficient (Wildman–Crippen LogP) is 4.69. The Morgan fingerprint density at radius 1 is 0.881 bits per heavy atom. The van der Waals surface area contributed by atoms with Gasteiger partial charge in [-0.1, -0.05) is 35.2 Å². The maximum atomic E-state index is 13.9. The molecule has 2 aliphatic rings. The van der Waals surface area contributed by atoms with E-state index in [1.165, 1.54) is 53.1 Å². The Balaban J connectivity index is 1.41. The average molecular weight is 607 g/mol. The van der Waals surface area contributed by atoms with Crippen molar-refractivity contribution in [1.82, 2.24) is 4.57 Å². The van der Waals surface area contributed by atoms with E-state index in [4.69, 9.17) is 0 Å². The van der Waals surface area contributed by atoms with Crippen molar-refractivity contribution in [2.75, 3.05) is 29.2 Å². The lowest BCUT2D eigenvalue weighted by Gasteiger charge is -2.31. The zero-order valence-corrected chi connectivity index (χ0v) is 24.0. The summed E-state index contributed by atoms with van der Waals surface area (Å²) in [5.74, 6) is -3.78. The Morgan fingerprint density at radius 3 is 2.12 bits per heavy atom. The molecule has 1 saturated heterocycles. The number of benzene rings is 3. The van der Waals surface area contributed by atoms with Gasteiger partial charge in [0, 0.05) is 36.3 Å². The number of amides is 3. The number of thioether (sulfide) groups is 1. The molecular formula is C30H24F2N4O4S2. The van der Waals surface area contributed by atoms with Crippen LogP contribution >= 0.6 is 23.1 Å². The summed E-state index contributed by atoms with van der Waals surface area (Å²) in [6.07, 6.45) is 0. The molecule has 1 fully saturated rings. The molecule has 3 heterocycles. The zero-order chi connectivity index (χ0) is 29.7. The Hall–Kier alpha value is -4.29. The molecule has 2 unspecified atom stereocenters. The SMILES string of the molecule is CN(C)c1ccc([C@H]2c3sc(=O)n(CC(=O)Nc4ccc(F)cc4)c3SC3C(=O)N(c4ccc(F)cc4)C(=O)C32)cc1. The van der Waals surface area contributed by atoms with E-state index in [1.54, 1.807) is 0 Å². The fourth-order valence-corrected chi connectivity index (χ4v) is 8.09. The fourth-order valence-electron chi connectivity index (χ4n) is 5.32.